The fraction of sp³-hybridized carbons (Fsp3) is 0.176. The topological polar surface area (TPSA) is 49.4 Å². The molecule has 2 aromatic rings. The van der Waals surface area contributed by atoms with Crippen molar-refractivity contribution in [3.8, 4) is 0 Å². The maximum absolute atomic E-state index is 12.8. The molecule has 1 heterocycles. The van der Waals surface area contributed by atoms with Gasteiger partial charge in [0.2, 0.25) is 5.91 Å². The molecule has 2 aromatic carbocycles. The Morgan fingerprint density at radius 3 is 2.46 bits per heavy atom. The van der Waals surface area contributed by atoms with Gasteiger partial charge in [0.25, 0.3) is 5.91 Å². The van der Waals surface area contributed by atoms with E-state index in [1.807, 2.05) is 0 Å². The number of anilines is 1. The van der Waals surface area contributed by atoms with Gasteiger partial charge in [0, 0.05) is 33.2 Å². The number of rotatable bonds is 3. The highest BCUT2D eigenvalue weighted by Gasteiger charge is 2.38. The number of benzene rings is 2. The van der Waals surface area contributed by atoms with E-state index in [-0.39, 0.29) is 18.4 Å². The highest BCUT2D eigenvalue weighted by molar-refractivity contribution is 6.35. The molecule has 124 valence electrons. The average molecular weight is 384 g/mol. The number of halogens is 3. The zero-order valence-corrected chi connectivity index (χ0v) is 14.9. The van der Waals surface area contributed by atoms with E-state index >= 15 is 0 Å². The van der Waals surface area contributed by atoms with Gasteiger partial charge in [-0.05, 0) is 35.9 Å². The van der Waals surface area contributed by atoms with Crippen molar-refractivity contribution < 1.29 is 9.59 Å². The van der Waals surface area contributed by atoms with Gasteiger partial charge in [-0.15, -0.1) is 0 Å². The molecule has 4 nitrogen and oxygen atoms in total. The Bertz CT molecular complexity index is 839. The third-order valence-electron chi connectivity index (χ3n) is 3.80. The first-order valence-corrected chi connectivity index (χ1v) is 8.32. The normalized spacial score (nSPS) is 16.2. The summed E-state index contributed by atoms with van der Waals surface area (Å²) in [7, 11) is 0. The summed E-state index contributed by atoms with van der Waals surface area (Å²) in [6.45, 7) is 1.65. The minimum Gasteiger partial charge on any atom is -0.341 e. The first kappa shape index (κ1) is 17.1. The zero-order chi connectivity index (χ0) is 17.4. The molecule has 24 heavy (non-hydrogen) atoms. The van der Waals surface area contributed by atoms with E-state index in [1.165, 1.54) is 6.92 Å². The minimum atomic E-state index is -0.748. The van der Waals surface area contributed by atoms with E-state index in [2.05, 4.69) is 5.32 Å². The number of nitrogens with one attached hydrogen (secondary N) is 1. The highest BCUT2D eigenvalue weighted by Crippen LogP contribution is 2.39. The summed E-state index contributed by atoms with van der Waals surface area (Å²) in [5, 5.41) is 4.18. The molecule has 2 amide bonds. The van der Waals surface area contributed by atoms with E-state index in [9.17, 15) is 9.59 Å². The molecule has 0 spiro atoms. The largest absolute Gasteiger partial charge is 0.341 e. The van der Waals surface area contributed by atoms with Crippen LogP contribution >= 0.6 is 34.8 Å². The maximum Gasteiger partial charge on any atom is 0.254 e. The standard InChI is InChI=1S/C17H13Cl3N2O2/c1-9(23)21-16-13-6-11(18)4-5-15(13)22(17(16)24)8-10-2-3-12(19)7-14(10)20/h2-7,16H,8H2,1H3,(H,21,23)/t16-/m1/s1. The van der Waals surface area contributed by atoms with Gasteiger partial charge in [-0.1, -0.05) is 40.9 Å². The van der Waals surface area contributed by atoms with Crippen LogP contribution in [0.15, 0.2) is 36.4 Å². The van der Waals surface area contributed by atoms with Crippen LogP contribution in [0.2, 0.25) is 15.1 Å². The van der Waals surface area contributed by atoms with Gasteiger partial charge < -0.3 is 10.2 Å². The van der Waals surface area contributed by atoms with Crippen LogP contribution in [0.5, 0.6) is 0 Å². The Balaban J connectivity index is 1.99. The number of carbonyl (C=O) groups is 2. The van der Waals surface area contributed by atoms with Gasteiger partial charge in [0.1, 0.15) is 6.04 Å². The van der Waals surface area contributed by atoms with E-state index in [1.54, 1.807) is 41.3 Å². The van der Waals surface area contributed by atoms with Crippen LogP contribution < -0.4 is 10.2 Å². The summed E-state index contributed by atoms with van der Waals surface area (Å²) in [6.07, 6.45) is 0. The monoisotopic (exact) mass is 382 g/mol. The van der Waals surface area contributed by atoms with E-state index in [4.69, 9.17) is 34.8 Å². The van der Waals surface area contributed by atoms with Crippen LogP contribution in [-0.2, 0) is 16.1 Å². The van der Waals surface area contributed by atoms with Crippen LogP contribution in [0, 0.1) is 0 Å². The Morgan fingerprint density at radius 2 is 1.79 bits per heavy atom. The SMILES string of the molecule is CC(=O)N[C@H]1C(=O)N(Cc2ccc(Cl)cc2Cl)c2ccc(Cl)cc21. The molecule has 1 N–H and O–H groups in total. The van der Waals surface area contributed by atoms with Crippen molar-refractivity contribution in [1.29, 1.82) is 0 Å². The number of amides is 2. The molecule has 0 bridgehead atoms. The summed E-state index contributed by atoms with van der Waals surface area (Å²) < 4.78 is 0. The third kappa shape index (κ3) is 3.22. The van der Waals surface area contributed by atoms with Crippen molar-refractivity contribution in [3.05, 3.63) is 62.6 Å². The van der Waals surface area contributed by atoms with Gasteiger partial charge in [-0.3, -0.25) is 9.59 Å². The van der Waals surface area contributed by atoms with Crippen LogP contribution in [0.4, 0.5) is 5.69 Å². The van der Waals surface area contributed by atoms with Crippen LogP contribution in [-0.4, -0.2) is 11.8 Å². The Morgan fingerprint density at radius 1 is 1.12 bits per heavy atom. The van der Waals surface area contributed by atoms with E-state index in [0.717, 1.165) is 5.56 Å². The fourth-order valence-corrected chi connectivity index (χ4v) is 3.38. The van der Waals surface area contributed by atoms with Gasteiger partial charge in [-0.2, -0.15) is 0 Å². The lowest BCUT2D eigenvalue weighted by Crippen LogP contribution is -2.36. The summed E-state index contributed by atoms with van der Waals surface area (Å²) in [5.74, 6) is -0.515. The minimum absolute atomic E-state index is 0.228. The summed E-state index contributed by atoms with van der Waals surface area (Å²) >= 11 is 18.2. The lowest BCUT2D eigenvalue weighted by molar-refractivity contribution is -0.126. The van der Waals surface area contributed by atoms with Crippen molar-refractivity contribution >= 4 is 52.3 Å². The second-order valence-electron chi connectivity index (χ2n) is 5.50. The smallest absolute Gasteiger partial charge is 0.254 e. The molecule has 0 saturated carbocycles. The van der Waals surface area contributed by atoms with Crippen LogP contribution in [0.3, 0.4) is 0 Å². The molecule has 7 heteroatoms. The van der Waals surface area contributed by atoms with Gasteiger partial charge in [0.15, 0.2) is 0 Å². The number of hydrogen-bond donors (Lipinski definition) is 1. The van der Waals surface area contributed by atoms with Crippen molar-refractivity contribution in [2.75, 3.05) is 4.90 Å². The third-order valence-corrected chi connectivity index (χ3v) is 4.62. The Kier molecular flexibility index (Phi) is 4.72. The molecule has 1 aliphatic heterocycles. The van der Waals surface area contributed by atoms with Crippen molar-refractivity contribution in [2.24, 2.45) is 0 Å². The molecule has 0 fully saturated rings. The Labute approximate surface area is 154 Å². The molecular weight excluding hydrogens is 371 g/mol. The highest BCUT2D eigenvalue weighted by atomic mass is 35.5. The predicted molar refractivity (Wildman–Crippen MR) is 95.7 cm³/mol. The van der Waals surface area contributed by atoms with Gasteiger partial charge >= 0.3 is 0 Å². The quantitative estimate of drug-likeness (QED) is 0.855. The van der Waals surface area contributed by atoms with E-state index < -0.39 is 6.04 Å². The lowest BCUT2D eigenvalue weighted by Gasteiger charge is -2.19. The number of nitrogens with zero attached hydrogens (tertiary/aromatic N) is 1. The Hall–Kier alpha value is -1.75. The molecule has 0 radical (unpaired) electrons. The number of carbonyl (C=O) groups excluding carboxylic acids is 2. The van der Waals surface area contributed by atoms with Gasteiger partial charge in [0.05, 0.1) is 6.54 Å². The van der Waals surface area contributed by atoms with E-state index in [0.29, 0.717) is 26.3 Å². The molecule has 1 aliphatic rings. The zero-order valence-electron chi connectivity index (χ0n) is 12.6. The number of hydrogen-bond acceptors (Lipinski definition) is 2. The van der Waals surface area contributed by atoms with Crippen LogP contribution in [0.1, 0.15) is 24.1 Å². The molecule has 0 aromatic heterocycles. The summed E-state index contributed by atoms with van der Waals surface area (Å²) in [5.41, 5.74) is 2.14. The molecular formula is C17H13Cl3N2O2. The lowest BCUT2D eigenvalue weighted by atomic mass is 10.1. The second-order valence-corrected chi connectivity index (χ2v) is 6.78. The maximum atomic E-state index is 12.8. The molecule has 0 aliphatic carbocycles. The van der Waals surface area contributed by atoms with Crippen LogP contribution in [0.25, 0.3) is 0 Å². The summed E-state index contributed by atoms with van der Waals surface area (Å²) in [6, 6.07) is 9.55. The molecule has 0 saturated heterocycles. The fourth-order valence-electron chi connectivity index (χ4n) is 2.74. The van der Waals surface area contributed by atoms with Crippen molar-refractivity contribution in [2.45, 2.75) is 19.5 Å². The van der Waals surface area contributed by atoms with Crippen molar-refractivity contribution in [1.82, 2.24) is 5.32 Å². The second kappa shape index (κ2) is 6.63. The molecule has 3 rings (SSSR count). The molecule has 0 unspecified atom stereocenters. The summed E-state index contributed by atoms with van der Waals surface area (Å²) in [4.78, 5) is 25.8. The predicted octanol–water partition coefficient (Wildman–Crippen LogP) is 4.37. The first-order valence-electron chi connectivity index (χ1n) is 7.18. The van der Waals surface area contributed by atoms with Gasteiger partial charge in [-0.25, -0.2) is 0 Å². The number of fused-ring (bicyclic) bond motifs is 1. The van der Waals surface area contributed by atoms with Crippen molar-refractivity contribution in [3.63, 3.8) is 0 Å². The average Bonchev–Trinajstić information content (AvgIpc) is 2.74. The first-order chi connectivity index (χ1) is 11.4. The molecule has 1 atom stereocenters.